The number of likely N-dealkylation sites (tertiary alicyclic amines) is 1. The number of rotatable bonds is 2. The van der Waals surface area contributed by atoms with Gasteiger partial charge >= 0.3 is 6.18 Å². The standard InChI is InChI=1S/C13H14Br2F3N/c14-11-4-1-5-12(15)10(11)8-19-6-2-3-9(7-19)13(16,17)18/h1,4-5,9H,2-3,6-8H2. The molecular formula is C13H14Br2F3N. The molecule has 0 saturated carbocycles. The zero-order valence-corrected chi connectivity index (χ0v) is 13.4. The molecule has 1 saturated heterocycles. The minimum absolute atomic E-state index is 0.0945. The Morgan fingerprint density at radius 1 is 1.21 bits per heavy atom. The fraction of sp³-hybridized carbons (Fsp3) is 0.538. The molecule has 0 amide bonds. The first kappa shape index (κ1) is 15.3. The second-order valence-corrected chi connectivity index (χ2v) is 6.52. The van der Waals surface area contributed by atoms with E-state index in [4.69, 9.17) is 0 Å². The van der Waals surface area contributed by atoms with E-state index < -0.39 is 12.1 Å². The molecule has 0 radical (unpaired) electrons. The van der Waals surface area contributed by atoms with E-state index in [2.05, 4.69) is 31.9 Å². The van der Waals surface area contributed by atoms with Crippen LogP contribution in [0.4, 0.5) is 13.2 Å². The van der Waals surface area contributed by atoms with Crippen LogP contribution in [0.2, 0.25) is 0 Å². The minimum Gasteiger partial charge on any atom is -0.298 e. The van der Waals surface area contributed by atoms with Gasteiger partial charge in [-0.15, -0.1) is 0 Å². The van der Waals surface area contributed by atoms with Gasteiger partial charge < -0.3 is 0 Å². The van der Waals surface area contributed by atoms with Gasteiger partial charge in [0.2, 0.25) is 0 Å². The molecule has 1 aromatic carbocycles. The average molecular weight is 401 g/mol. The Bertz CT molecular complexity index is 428. The van der Waals surface area contributed by atoms with E-state index in [1.165, 1.54) is 0 Å². The SMILES string of the molecule is FC(F)(F)C1CCCN(Cc2c(Br)cccc2Br)C1. The summed E-state index contributed by atoms with van der Waals surface area (Å²) in [7, 11) is 0. The van der Waals surface area contributed by atoms with Gasteiger partial charge in [-0.1, -0.05) is 37.9 Å². The maximum atomic E-state index is 12.8. The summed E-state index contributed by atoms with van der Waals surface area (Å²) in [5, 5.41) is 0. The van der Waals surface area contributed by atoms with Crippen molar-refractivity contribution < 1.29 is 13.2 Å². The fourth-order valence-corrected chi connectivity index (χ4v) is 3.62. The van der Waals surface area contributed by atoms with Crippen molar-refractivity contribution in [1.29, 1.82) is 0 Å². The highest BCUT2D eigenvalue weighted by atomic mass is 79.9. The third-order valence-electron chi connectivity index (χ3n) is 3.41. The molecular weight excluding hydrogens is 387 g/mol. The van der Waals surface area contributed by atoms with Crippen molar-refractivity contribution >= 4 is 31.9 Å². The third-order valence-corrected chi connectivity index (χ3v) is 4.90. The van der Waals surface area contributed by atoms with E-state index in [0.29, 0.717) is 13.0 Å². The molecule has 1 aliphatic heterocycles. The lowest BCUT2D eigenvalue weighted by atomic mass is 9.97. The van der Waals surface area contributed by atoms with Crippen LogP contribution in [-0.2, 0) is 6.54 Å². The summed E-state index contributed by atoms with van der Waals surface area (Å²) in [6, 6.07) is 5.71. The zero-order chi connectivity index (χ0) is 14.0. The predicted octanol–water partition coefficient (Wildman–Crippen LogP) is 4.99. The van der Waals surface area contributed by atoms with Crippen LogP contribution in [0.1, 0.15) is 18.4 Å². The van der Waals surface area contributed by atoms with Gasteiger partial charge in [-0.25, -0.2) is 0 Å². The molecule has 1 atom stereocenters. The van der Waals surface area contributed by atoms with Gasteiger partial charge in [-0.2, -0.15) is 13.2 Å². The van der Waals surface area contributed by atoms with Gasteiger partial charge in [0.15, 0.2) is 0 Å². The van der Waals surface area contributed by atoms with Crippen molar-refractivity contribution in [3.63, 3.8) is 0 Å². The Labute approximate surface area is 127 Å². The highest BCUT2D eigenvalue weighted by Gasteiger charge is 2.41. The van der Waals surface area contributed by atoms with Crippen LogP contribution in [0.15, 0.2) is 27.1 Å². The van der Waals surface area contributed by atoms with Crippen molar-refractivity contribution in [2.75, 3.05) is 13.1 Å². The normalized spacial score (nSPS) is 21.6. The second kappa shape index (κ2) is 6.14. The van der Waals surface area contributed by atoms with Crippen LogP contribution in [0.25, 0.3) is 0 Å². The average Bonchev–Trinajstić information content (AvgIpc) is 2.33. The number of alkyl halides is 3. The maximum Gasteiger partial charge on any atom is 0.393 e. The second-order valence-electron chi connectivity index (χ2n) is 4.82. The Balaban J connectivity index is 2.07. The molecule has 1 heterocycles. The highest BCUT2D eigenvalue weighted by molar-refractivity contribution is 9.11. The van der Waals surface area contributed by atoms with E-state index in [0.717, 1.165) is 21.1 Å². The molecule has 2 rings (SSSR count). The molecule has 1 aromatic rings. The van der Waals surface area contributed by atoms with Crippen LogP contribution in [0, 0.1) is 5.92 Å². The van der Waals surface area contributed by atoms with Gasteiger partial charge in [-0.3, -0.25) is 4.90 Å². The van der Waals surface area contributed by atoms with Crippen molar-refractivity contribution in [3.05, 3.63) is 32.7 Å². The molecule has 0 aromatic heterocycles. The zero-order valence-electron chi connectivity index (χ0n) is 10.2. The van der Waals surface area contributed by atoms with Crippen LogP contribution in [0.5, 0.6) is 0 Å². The molecule has 1 aliphatic rings. The maximum absolute atomic E-state index is 12.8. The smallest absolute Gasteiger partial charge is 0.298 e. The molecule has 1 unspecified atom stereocenters. The van der Waals surface area contributed by atoms with E-state index in [1.807, 2.05) is 23.1 Å². The largest absolute Gasteiger partial charge is 0.393 e. The first-order valence-electron chi connectivity index (χ1n) is 6.10. The molecule has 6 heteroatoms. The summed E-state index contributed by atoms with van der Waals surface area (Å²) in [6.07, 6.45) is -3.23. The molecule has 1 nitrogen and oxygen atoms in total. The molecule has 0 aliphatic carbocycles. The lowest BCUT2D eigenvalue weighted by Gasteiger charge is -2.34. The quantitative estimate of drug-likeness (QED) is 0.676. The van der Waals surface area contributed by atoms with Crippen LogP contribution in [0.3, 0.4) is 0 Å². The summed E-state index contributed by atoms with van der Waals surface area (Å²) in [6.45, 7) is 1.35. The van der Waals surface area contributed by atoms with E-state index in [9.17, 15) is 13.2 Å². The number of hydrogen-bond donors (Lipinski definition) is 0. The summed E-state index contributed by atoms with van der Waals surface area (Å²) < 4.78 is 40.2. The number of nitrogens with zero attached hydrogens (tertiary/aromatic N) is 1. The van der Waals surface area contributed by atoms with Crippen molar-refractivity contribution in [3.8, 4) is 0 Å². The van der Waals surface area contributed by atoms with Crippen LogP contribution < -0.4 is 0 Å². The Morgan fingerprint density at radius 2 is 1.84 bits per heavy atom. The summed E-state index contributed by atoms with van der Waals surface area (Å²) in [5.74, 6) is -1.19. The number of halogens is 5. The van der Waals surface area contributed by atoms with E-state index >= 15 is 0 Å². The molecule has 106 valence electrons. The Hall–Kier alpha value is -0.0700. The number of piperidine rings is 1. The van der Waals surface area contributed by atoms with Crippen LogP contribution >= 0.6 is 31.9 Å². The van der Waals surface area contributed by atoms with Gasteiger partial charge in [0.1, 0.15) is 0 Å². The highest BCUT2D eigenvalue weighted by Crippen LogP contribution is 2.34. The molecule has 0 spiro atoms. The van der Waals surface area contributed by atoms with Gasteiger partial charge in [0.05, 0.1) is 5.92 Å². The topological polar surface area (TPSA) is 3.24 Å². The first-order chi connectivity index (χ1) is 8.88. The minimum atomic E-state index is -4.08. The van der Waals surface area contributed by atoms with Crippen molar-refractivity contribution in [1.82, 2.24) is 4.90 Å². The van der Waals surface area contributed by atoms with E-state index in [1.54, 1.807) is 0 Å². The Morgan fingerprint density at radius 3 is 2.42 bits per heavy atom. The molecule has 19 heavy (non-hydrogen) atoms. The molecule has 0 N–H and O–H groups in total. The fourth-order valence-electron chi connectivity index (χ4n) is 2.37. The summed E-state index contributed by atoms with van der Waals surface area (Å²) in [4.78, 5) is 1.88. The number of hydrogen-bond acceptors (Lipinski definition) is 1. The number of benzene rings is 1. The lowest BCUT2D eigenvalue weighted by Crippen LogP contribution is -2.41. The van der Waals surface area contributed by atoms with Crippen molar-refractivity contribution in [2.24, 2.45) is 5.92 Å². The summed E-state index contributed by atoms with van der Waals surface area (Å²) >= 11 is 6.90. The monoisotopic (exact) mass is 399 g/mol. The predicted molar refractivity (Wildman–Crippen MR) is 75.9 cm³/mol. The lowest BCUT2D eigenvalue weighted by molar-refractivity contribution is -0.187. The molecule has 0 bridgehead atoms. The van der Waals surface area contributed by atoms with Crippen molar-refractivity contribution in [2.45, 2.75) is 25.6 Å². The van der Waals surface area contributed by atoms with Gasteiger partial charge in [0.25, 0.3) is 0 Å². The molecule has 1 fully saturated rings. The van der Waals surface area contributed by atoms with E-state index in [-0.39, 0.29) is 13.0 Å². The van der Waals surface area contributed by atoms with Gasteiger partial charge in [0, 0.05) is 22.0 Å². The Kier molecular flexibility index (Phi) is 4.95. The van der Waals surface area contributed by atoms with Gasteiger partial charge in [-0.05, 0) is 37.1 Å². The first-order valence-corrected chi connectivity index (χ1v) is 7.68. The summed E-state index contributed by atoms with van der Waals surface area (Å²) in [5.41, 5.74) is 1.00. The third kappa shape index (κ3) is 3.95. The van der Waals surface area contributed by atoms with Crippen LogP contribution in [-0.4, -0.2) is 24.2 Å².